The third-order valence-corrected chi connectivity index (χ3v) is 6.52. The molecule has 0 radical (unpaired) electrons. The van der Waals surface area contributed by atoms with Crippen LogP contribution in [0.25, 0.3) is 5.70 Å². The molecule has 0 fully saturated rings. The highest BCUT2D eigenvalue weighted by molar-refractivity contribution is 6.31. The molecule has 1 amide bonds. The van der Waals surface area contributed by atoms with Gasteiger partial charge in [0.2, 0.25) is 5.91 Å². The number of anilines is 1. The molecule has 2 aromatic carbocycles. The van der Waals surface area contributed by atoms with E-state index in [2.05, 4.69) is 10.6 Å². The Labute approximate surface area is 167 Å². The first-order chi connectivity index (χ1) is 14.0. The summed E-state index contributed by atoms with van der Waals surface area (Å²) < 4.78 is 0. The minimum atomic E-state index is -1.38. The molecule has 0 saturated carbocycles. The second kappa shape index (κ2) is 5.32. The number of Topliss-reactive ketones (excluding diaryl/α,β-unsaturated/α-hetero) is 2. The summed E-state index contributed by atoms with van der Waals surface area (Å²) in [5, 5.41) is 6.35. The van der Waals surface area contributed by atoms with E-state index in [0.29, 0.717) is 46.5 Å². The van der Waals surface area contributed by atoms with Gasteiger partial charge in [-0.05, 0) is 25.8 Å². The monoisotopic (exact) mass is 382 g/mol. The maximum Gasteiger partial charge on any atom is 0.244 e. The van der Waals surface area contributed by atoms with Gasteiger partial charge in [0.15, 0.2) is 11.6 Å². The summed E-state index contributed by atoms with van der Waals surface area (Å²) >= 11 is 0. The van der Waals surface area contributed by atoms with Gasteiger partial charge in [-0.2, -0.15) is 0 Å². The molecule has 6 rings (SSSR count). The van der Waals surface area contributed by atoms with Crippen LogP contribution in [0.3, 0.4) is 0 Å². The quantitative estimate of drug-likeness (QED) is 0.732. The van der Waals surface area contributed by atoms with Crippen molar-refractivity contribution in [2.45, 2.75) is 31.6 Å². The van der Waals surface area contributed by atoms with Gasteiger partial charge < -0.3 is 10.6 Å². The Morgan fingerprint density at radius 1 is 0.897 bits per heavy atom. The van der Waals surface area contributed by atoms with E-state index in [1.54, 1.807) is 6.07 Å². The lowest BCUT2D eigenvalue weighted by Gasteiger charge is -2.39. The van der Waals surface area contributed by atoms with E-state index in [1.165, 1.54) is 0 Å². The van der Waals surface area contributed by atoms with Crippen LogP contribution >= 0.6 is 0 Å². The highest BCUT2D eigenvalue weighted by Crippen LogP contribution is 2.57. The summed E-state index contributed by atoms with van der Waals surface area (Å²) in [6.45, 7) is 1.95. The van der Waals surface area contributed by atoms with E-state index in [-0.39, 0.29) is 17.5 Å². The van der Waals surface area contributed by atoms with Crippen LogP contribution in [0.2, 0.25) is 0 Å². The summed E-state index contributed by atoms with van der Waals surface area (Å²) in [6, 6.07) is 13.1. The Balaban J connectivity index is 1.76. The van der Waals surface area contributed by atoms with Gasteiger partial charge in [0.1, 0.15) is 5.41 Å². The lowest BCUT2D eigenvalue weighted by molar-refractivity contribution is -0.122. The number of dihydropyridines is 1. The number of amides is 1. The number of benzene rings is 2. The molecule has 5 nitrogen and oxygen atoms in total. The van der Waals surface area contributed by atoms with Crippen LogP contribution in [0.1, 0.15) is 46.3 Å². The fourth-order valence-corrected chi connectivity index (χ4v) is 5.36. The summed E-state index contributed by atoms with van der Waals surface area (Å²) in [7, 11) is 0. The molecule has 4 aliphatic rings. The van der Waals surface area contributed by atoms with E-state index in [1.807, 2.05) is 43.3 Å². The van der Waals surface area contributed by atoms with Crippen LogP contribution in [-0.4, -0.2) is 17.5 Å². The van der Waals surface area contributed by atoms with E-state index in [0.717, 1.165) is 23.2 Å². The van der Waals surface area contributed by atoms with Crippen molar-refractivity contribution in [2.75, 3.05) is 5.32 Å². The van der Waals surface area contributed by atoms with Crippen LogP contribution in [0.5, 0.6) is 0 Å². The number of ketones is 2. The molecular formula is C24H18N2O3. The molecular weight excluding hydrogens is 364 g/mol. The van der Waals surface area contributed by atoms with Crippen LogP contribution in [0, 0.1) is 6.92 Å². The van der Waals surface area contributed by atoms with E-state index in [9.17, 15) is 14.4 Å². The zero-order valence-electron chi connectivity index (χ0n) is 15.9. The number of rotatable bonds is 0. The van der Waals surface area contributed by atoms with Gasteiger partial charge in [-0.25, -0.2) is 0 Å². The maximum atomic E-state index is 13.6. The van der Waals surface area contributed by atoms with Gasteiger partial charge in [-0.1, -0.05) is 42.0 Å². The van der Waals surface area contributed by atoms with Gasteiger partial charge >= 0.3 is 0 Å². The molecule has 2 aliphatic carbocycles. The van der Waals surface area contributed by atoms with Gasteiger partial charge in [0.05, 0.1) is 5.70 Å². The highest BCUT2D eigenvalue weighted by Gasteiger charge is 2.61. The molecule has 1 spiro atoms. The Bertz CT molecular complexity index is 1250. The molecule has 1 unspecified atom stereocenters. The number of allylic oxidation sites excluding steroid dienone is 1. The van der Waals surface area contributed by atoms with Crippen LogP contribution < -0.4 is 10.6 Å². The molecule has 0 aromatic heterocycles. The van der Waals surface area contributed by atoms with E-state index in [4.69, 9.17) is 0 Å². The first kappa shape index (κ1) is 16.5. The topological polar surface area (TPSA) is 75.3 Å². The highest BCUT2D eigenvalue weighted by atomic mass is 16.2. The Hall–Kier alpha value is -3.47. The molecule has 2 N–H and O–H groups in total. The Morgan fingerprint density at radius 2 is 1.69 bits per heavy atom. The third-order valence-electron chi connectivity index (χ3n) is 6.52. The van der Waals surface area contributed by atoms with E-state index >= 15 is 0 Å². The average molecular weight is 382 g/mol. The second-order valence-electron chi connectivity index (χ2n) is 8.13. The maximum absolute atomic E-state index is 13.6. The molecule has 0 saturated heterocycles. The minimum absolute atomic E-state index is 0.0569. The summed E-state index contributed by atoms with van der Waals surface area (Å²) in [6.07, 6.45) is 1.81. The molecule has 2 aliphatic heterocycles. The van der Waals surface area contributed by atoms with Crippen molar-refractivity contribution < 1.29 is 14.4 Å². The summed E-state index contributed by atoms with van der Waals surface area (Å²) in [4.78, 5) is 40.4. The number of aryl methyl sites for hydroxylation is 1. The van der Waals surface area contributed by atoms with Gasteiger partial charge in [0, 0.05) is 45.6 Å². The fraction of sp³-hybridized carbons (Fsp3) is 0.208. The number of carbonyl (C=O) groups is 3. The third kappa shape index (κ3) is 1.83. The SMILES string of the molecule is Cc1ccc2c(c1)C1(C(=O)N2)C2=C(CCCC2=O)NC2=C1C(=O)c1ccccc12. The number of hydrogen-bond acceptors (Lipinski definition) is 4. The number of carbonyl (C=O) groups excluding carboxylic acids is 3. The Morgan fingerprint density at radius 3 is 2.52 bits per heavy atom. The number of nitrogens with one attached hydrogen (secondary N) is 2. The van der Waals surface area contributed by atoms with Gasteiger partial charge in [-0.3, -0.25) is 14.4 Å². The molecule has 0 bridgehead atoms. The van der Waals surface area contributed by atoms with Crippen molar-refractivity contribution in [3.05, 3.63) is 81.6 Å². The number of fused-ring (bicyclic) bond motifs is 6. The normalized spacial score (nSPS) is 24.2. The lowest BCUT2D eigenvalue weighted by atomic mass is 9.63. The van der Waals surface area contributed by atoms with Crippen molar-refractivity contribution in [1.29, 1.82) is 0 Å². The molecule has 29 heavy (non-hydrogen) atoms. The Kier molecular flexibility index (Phi) is 3.02. The van der Waals surface area contributed by atoms with Crippen molar-refractivity contribution in [2.24, 2.45) is 0 Å². The lowest BCUT2D eigenvalue weighted by Crippen LogP contribution is -2.48. The fourth-order valence-electron chi connectivity index (χ4n) is 5.36. The van der Waals surface area contributed by atoms with Gasteiger partial charge in [0.25, 0.3) is 0 Å². The standard InChI is InChI=1S/C24H18N2O3/c1-12-9-10-16-15(11-12)24(23(29)26-16)19-17(7-4-8-18(19)27)25-21-13-5-2-3-6-14(13)22(28)20(21)24/h2-3,5-6,9-11,25H,4,7-8H2,1H3,(H,26,29). The first-order valence-electron chi connectivity index (χ1n) is 9.88. The van der Waals surface area contributed by atoms with Crippen LogP contribution in [0.4, 0.5) is 5.69 Å². The van der Waals surface area contributed by atoms with Crippen molar-refractivity contribution >= 4 is 28.9 Å². The van der Waals surface area contributed by atoms with Crippen LogP contribution in [-0.2, 0) is 15.0 Å². The molecule has 2 heterocycles. The largest absolute Gasteiger partial charge is 0.358 e. The smallest absolute Gasteiger partial charge is 0.244 e. The van der Waals surface area contributed by atoms with Crippen molar-refractivity contribution in [3.8, 4) is 0 Å². The second-order valence-corrected chi connectivity index (χ2v) is 8.13. The average Bonchev–Trinajstić information content (AvgIpc) is 3.15. The summed E-state index contributed by atoms with van der Waals surface area (Å²) in [5.41, 5.74) is 4.62. The minimum Gasteiger partial charge on any atom is -0.358 e. The molecule has 5 heteroatoms. The van der Waals surface area contributed by atoms with Gasteiger partial charge in [-0.15, -0.1) is 0 Å². The number of hydrogen-bond donors (Lipinski definition) is 2. The summed E-state index contributed by atoms with van der Waals surface area (Å²) in [5.74, 6) is -0.549. The first-order valence-corrected chi connectivity index (χ1v) is 9.88. The molecule has 142 valence electrons. The zero-order valence-corrected chi connectivity index (χ0v) is 15.9. The zero-order chi connectivity index (χ0) is 19.9. The van der Waals surface area contributed by atoms with Crippen LogP contribution in [0.15, 0.2) is 59.3 Å². The molecule has 1 atom stereocenters. The van der Waals surface area contributed by atoms with Crippen molar-refractivity contribution in [3.63, 3.8) is 0 Å². The predicted molar refractivity (Wildman–Crippen MR) is 108 cm³/mol. The van der Waals surface area contributed by atoms with E-state index < -0.39 is 5.41 Å². The van der Waals surface area contributed by atoms with Crippen molar-refractivity contribution in [1.82, 2.24) is 5.32 Å². The predicted octanol–water partition coefficient (Wildman–Crippen LogP) is 3.40. The molecule has 2 aromatic rings.